The Kier molecular flexibility index (Phi) is 5.16. The number of carbonyl (C=O) groups excluding carboxylic acids is 1. The zero-order valence-corrected chi connectivity index (χ0v) is 16.2. The Labute approximate surface area is 167 Å². The molecule has 2 aromatic rings. The molecule has 1 amide bonds. The highest BCUT2D eigenvalue weighted by atomic mass is 32.2. The molecule has 1 heterocycles. The zero-order chi connectivity index (χ0) is 20.6. The maximum atomic E-state index is 13.1. The van der Waals surface area contributed by atoms with Crippen LogP contribution in [-0.4, -0.2) is 44.3 Å². The summed E-state index contributed by atoms with van der Waals surface area (Å²) in [6, 6.07) is 12.1. The molecule has 2 aliphatic rings. The second-order valence-electron chi connectivity index (χ2n) is 7.45. The summed E-state index contributed by atoms with van der Waals surface area (Å²) in [6.45, 7) is 0.115. The molecule has 0 bridgehead atoms. The normalized spacial score (nSPS) is 26.3. The van der Waals surface area contributed by atoms with Gasteiger partial charge in [0.15, 0.2) is 9.84 Å². The van der Waals surface area contributed by atoms with Crippen LogP contribution in [0, 0.1) is 11.2 Å². The van der Waals surface area contributed by atoms with E-state index in [9.17, 15) is 22.8 Å². The van der Waals surface area contributed by atoms with Crippen LogP contribution >= 0.6 is 0 Å². The first-order valence-corrected chi connectivity index (χ1v) is 10.7. The van der Waals surface area contributed by atoms with Gasteiger partial charge in [-0.25, -0.2) is 18.3 Å². The van der Waals surface area contributed by atoms with Crippen LogP contribution in [0.1, 0.15) is 12.8 Å². The van der Waals surface area contributed by atoms with Crippen molar-refractivity contribution in [3.05, 3.63) is 54.3 Å². The molecule has 2 aromatic carbocycles. The van der Waals surface area contributed by atoms with E-state index in [4.69, 9.17) is 9.47 Å². The molecule has 4 rings (SSSR count). The number of hydrogen-bond acceptors (Lipinski definition) is 6. The minimum atomic E-state index is -3.84. The van der Waals surface area contributed by atoms with Gasteiger partial charge in [0.05, 0.1) is 28.3 Å². The molecule has 2 atom stereocenters. The van der Waals surface area contributed by atoms with E-state index < -0.39 is 26.9 Å². The molecule has 2 unspecified atom stereocenters. The second-order valence-corrected chi connectivity index (χ2v) is 9.44. The molecule has 2 fully saturated rings. The number of nitrogens with one attached hydrogen (secondary N) is 1. The number of carbonyl (C=O) groups is 1. The van der Waals surface area contributed by atoms with E-state index in [1.807, 2.05) is 0 Å². The lowest BCUT2D eigenvalue weighted by Gasteiger charge is -2.27. The number of ether oxygens (including phenoxy) is 2. The van der Waals surface area contributed by atoms with Crippen molar-refractivity contribution in [3.63, 3.8) is 0 Å². The minimum absolute atomic E-state index is 0.0624. The van der Waals surface area contributed by atoms with Gasteiger partial charge in [0.25, 0.3) is 5.91 Å². The van der Waals surface area contributed by atoms with E-state index in [2.05, 4.69) is 0 Å². The van der Waals surface area contributed by atoms with Gasteiger partial charge in [-0.1, -0.05) is 24.3 Å². The van der Waals surface area contributed by atoms with Gasteiger partial charge in [0.1, 0.15) is 12.6 Å². The summed E-state index contributed by atoms with van der Waals surface area (Å²) in [5.74, 6) is -1.58. The van der Waals surface area contributed by atoms with E-state index in [0.717, 1.165) is 11.1 Å². The second kappa shape index (κ2) is 7.49. The van der Waals surface area contributed by atoms with Crippen molar-refractivity contribution >= 4 is 15.7 Å². The van der Waals surface area contributed by atoms with Crippen molar-refractivity contribution in [2.45, 2.75) is 29.9 Å². The fourth-order valence-electron chi connectivity index (χ4n) is 4.09. The lowest BCUT2D eigenvalue weighted by Crippen LogP contribution is -2.43. The van der Waals surface area contributed by atoms with Gasteiger partial charge in [0.2, 0.25) is 0 Å². The Hall–Kier alpha value is -2.33. The zero-order valence-electron chi connectivity index (χ0n) is 15.4. The fraction of sp³-hybridized carbons (Fsp3) is 0.350. The summed E-state index contributed by atoms with van der Waals surface area (Å²) in [5, 5.41) is 9.17. The third kappa shape index (κ3) is 3.78. The van der Waals surface area contributed by atoms with Crippen LogP contribution in [0.2, 0.25) is 0 Å². The van der Waals surface area contributed by atoms with Crippen LogP contribution in [0.15, 0.2) is 53.4 Å². The lowest BCUT2D eigenvalue weighted by molar-refractivity contribution is -0.140. The molecule has 1 saturated carbocycles. The van der Waals surface area contributed by atoms with Crippen LogP contribution in [-0.2, 0) is 24.1 Å². The average Bonchev–Trinajstić information content (AvgIpc) is 3.27. The van der Waals surface area contributed by atoms with Gasteiger partial charge in [-0.15, -0.1) is 0 Å². The van der Waals surface area contributed by atoms with Gasteiger partial charge in [-0.3, -0.25) is 10.0 Å². The Morgan fingerprint density at radius 1 is 1.03 bits per heavy atom. The average molecular weight is 421 g/mol. The molecule has 1 saturated heterocycles. The molecule has 9 heteroatoms. The Bertz CT molecular complexity index is 994. The first-order valence-electron chi connectivity index (χ1n) is 9.09. The number of amides is 1. The van der Waals surface area contributed by atoms with Crippen molar-refractivity contribution in [1.82, 2.24) is 5.48 Å². The molecule has 0 spiro atoms. The van der Waals surface area contributed by atoms with Crippen LogP contribution in [0.3, 0.4) is 0 Å². The van der Waals surface area contributed by atoms with Crippen molar-refractivity contribution in [1.29, 1.82) is 0 Å². The highest BCUT2D eigenvalue weighted by Crippen LogP contribution is 2.45. The lowest BCUT2D eigenvalue weighted by atomic mass is 9.87. The number of halogens is 1. The summed E-state index contributed by atoms with van der Waals surface area (Å²) in [6.07, 6.45) is -0.444. The SMILES string of the molecule is O=C(NO)C1(CS(=O)(=O)c2ccc(-c3ccc(F)cc3)cc2)CC2OCOC2C1. The number of benzene rings is 2. The maximum Gasteiger partial charge on any atom is 0.250 e. The molecular weight excluding hydrogens is 401 g/mol. The van der Waals surface area contributed by atoms with Crippen molar-refractivity contribution < 1.29 is 32.3 Å². The van der Waals surface area contributed by atoms with Crippen LogP contribution in [0.4, 0.5) is 4.39 Å². The summed E-state index contributed by atoms with van der Waals surface area (Å²) >= 11 is 0. The fourth-order valence-corrected chi connectivity index (χ4v) is 5.91. The van der Waals surface area contributed by atoms with Gasteiger partial charge in [-0.2, -0.15) is 0 Å². The number of hydroxylamine groups is 1. The molecule has 154 valence electrons. The molecule has 29 heavy (non-hydrogen) atoms. The van der Waals surface area contributed by atoms with Crippen LogP contribution < -0.4 is 5.48 Å². The van der Waals surface area contributed by atoms with E-state index in [1.54, 1.807) is 29.7 Å². The minimum Gasteiger partial charge on any atom is -0.349 e. The van der Waals surface area contributed by atoms with Gasteiger partial charge >= 0.3 is 0 Å². The molecule has 0 aromatic heterocycles. The molecule has 1 aliphatic heterocycles. The predicted octanol–water partition coefficient (Wildman–Crippen LogP) is 2.29. The van der Waals surface area contributed by atoms with Gasteiger partial charge in [-0.05, 0) is 48.2 Å². The highest BCUT2D eigenvalue weighted by molar-refractivity contribution is 7.91. The summed E-state index contributed by atoms with van der Waals surface area (Å²) in [5.41, 5.74) is 1.76. The third-order valence-corrected chi connectivity index (χ3v) is 7.53. The maximum absolute atomic E-state index is 13.1. The third-order valence-electron chi connectivity index (χ3n) is 5.60. The van der Waals surface area contributed by atoms with Crippen molar-refractivity contribution in [2.24, 2.45) is 5.41 Å². The largest absolute Gasteiger partial charge is 0.349 e. The summed E-state index contributed by atoms with van der Waals surface area (Å²) in [4.78, 5) is 12.4. The number of sulfone groups is 1. The monoisotopic (exact) mass is 421 g/mol. The van der Waals surface area contributed by atoms with E-state index in [1.165, 1.54) is 24.3 Å². The number of fused-ring (bicyclic) bond motifs is 1. The summed E-state index contributed by atoms with van der Waals surface area (Å²) in [7, 11) is -3.84. The van der Waals surface area contributed by atoms with Gasteiger partial charge in [0, 0.05) is 0 Å². The Morgan fingerprint density at radius 3 is 2.07 bits per heavy atom. The Morgan fingerprint density at radius 2 is 1.55 bits per heavy atom. The topological polar surface area (TPSA) is 102 Å². The van der Waals surface area contributed by atoms with Crippen molar-refractivity contribution in [2.75, 3.05) is 12.5 Å². The van der Waals surface area contributed by atoms with Crippen LogP contribution in [0.25, 0.3) is 11.1 Å². The van der Waals surface area contributed by atoms with E-state index >= 15 is 0 Å². The van der Waals surface area contributed by atoms with E-state index in [-0.39, 0.29) is 42.6 Å². The molecule has 7 nitrogen and oxygen atoms in total. The molecule has 1 aliphatic carbocycles. The van der Waals surface area contributed by atoms with E-state index in [0.29, 0.717) is 0 Å². The highest BCUT2D eigenvalue weighted by Gasteiger charge is 2.55. The van der Waals surface area contributed by atoms with Crippen LogP contribution in [0.5, 0.6) is 0 Å². The Balaban J connectivity index is 1.58. The van der Waals surface area contributed by atoms with Gasteiger partial charge < -0.3 is 9.47 Å². The van der Waals surface area contributed by atoms with Crippen molar-refractivity contribution in [3.8, 4) is 11.1 Å². The molecular formula is C20H20FNO6S. The number of hydrogen-bond donors (Lipinski definition) is 2. The number of rotatable bonds is 5. The standard InChI is InChI=1S/C20H20FNO6S/c21-15-5-1-13(2-6-15)14-3-7-16(8-4-14)29(25,26)11-20(19(23)22-24)9-17-18(10-20)28-12-27-17/h1-8,17-18,24H,9-12H2,(H,22,23). The smallest absolute Gasteiger partial charge is 0.250 e. The predicted molar refractivity (Wildman–Crippen MR) is 100 cm³/mol. The first kappa shape index (κ1) is 20.0. The quantitative estimate of drug-likeness (QED) is 0.567. The summed E-state index contributed by atoms with van der Waals surface area (Å²) < 4.78 is 50.0. The molecule has 2 N–H and O–H groups in total. The first-order chi connectivity index (χ1) is 13.8. The molecule has 0 radical (unpaired) electrons.